The third-order valence-corrected chi connectivity index (χ3v) is 5.50. The number of carbonyl (C=O) groups excluding carboxylic acids is 1. The molecule has 0 N–H and O–H groups in total. The minimum atomic E-state index is 0.129. The molecular formula is C20H18ClN3O. The van der Waals surface area contributed by atoms with E-state index in [1.54, 1.807) is 6.20 Å². The largest absolute Gasteiger partial charge is 0.333 e. The average molecular weight is 352 g/mol. The zero-order valence-corrected chi connectivity index (χ0v) is 14.7. The lowest BCUT2D eigenvalue weighted by atomic mass is 10.0. The predicted molar refractivity (Wildman–Crippen MR) is 98.8 cm³/mol. The second-order valence-corrected chi connectivity index (χ2v) is 7.44. The highest BCUT2D eigenvalue weighted by atomic mass is 35.5. The van der Waals surface area contributed by atoms with Gasteiger partial charge in [0.1, 0.15) is 5.69 Å². The van der Waals surface area contributed by atoms with Crippen LogP contribution in [0.4, 0.5) is 0 Å². The molecular weight excluding hydrogens is 334 g/mol. The lowest BCUT2D eigenvalue weighted by molar-refractivity contribution is 0.0600. The van der Waals surface area contributed by atoms with E-state index < -0.39 is 0 Å². The van der Waals surface area contributed by atoms with Crippen molar-refractivity contribution in [3.05, 3.63) is 53.3 Å². The Morgan fingerprint density at radius 1 is 1.16 bits per heavy atom. The topological polar surface area (TPSA) is 38.1 Å². The van der Waals surface area contributed by atoms with Crippen molar-refractivity contribution in [2.75, 3.05) is 0 Å². The molecule has 4 nitrogen and oxygen atoms in total. The number of rotatable bonds is 2. The molecule has 2 aliphatic rings. The number of hydrogen-bond donors (Lipinski definition) is 0. The molecule has 1 fully saturated rings. The number of aromatic nitrogens is 2. The average Bonchev–Trinajstić information content (AvgIpc) is 3.38. The SMILES string of the molecule is C[C@H]1Cn2c(c(-c3ccc(Cl)cc3)c3ncccc32)C(=O)N1C1CC1. The van der Waals surface area contributed by atoms with Gasteiger partial charge in [0.15, 0.2) is 0 Å². The third-order valence-electron chi connectivity index (χ3n) is 5.25. The first-order valence-electron chi connectivity index (χ1n) is 8.71. The summed E-state index contributed by atoms with van der Waals surface area (Å²) in [5.74, 6) is 0.129. The number of nitrogens with zero attached hydrogens (tertiary/aromatic N) is 3. The van der Waals surface area contributed by atoms with E-state index in [1.807, 2.05) is 30.3 Å². The summed E-state index contributed by atoms with van der Waals surface area (Å²) >= 11 is 6.06. The first-order valence-corrected chi connectivity index (χ1v) is 9.09. The van der Waals surface area contributed by atoms with Gasteiger partial charge in [-0.3, -0.25) is 9.78 Å². The van der Waals surface area contributed by atoms with Gasteiger partial charge in [0.2, 0.25) is 0 Å². The predicted octanol–water partition coefficient (Wildman–Crippen LogP) is 4.36. The van der Waals surface area contributed by atoms with Crippen molar-refractivity contribution >= 4 is 28.5 Å². The summed E-state index contributed by atoms with van der Waals surface area (Å²) in [6, 6.07) is 12.3. The van der Waals surface area contributed by atoms with Crippen LogP contribution in [0.15, 0.2) is 42.6 Å². The van der Waals surface area contributed by atoms with Gasteiger partial charge in [-0.25, -0.2) is 0 Å². The number of benzene rings is 1. The van der Waals surface area contributed by atoms with Crippen LogP contribution in [0.3, 0.4) is 0 Å². The lowest BCUT2D eigenvalue weighted by Crippen LogP contribution is -2.47. The molecule has 1 aromatic carbocycles. The molecule has 2 aromatic heterocycles. The van der Waals surface area contributed by atoms with Gasteiger partial charge in [-0.05, 0) is 49.6 Å². The van der Waals surface area contributed by atoms with Crippen LogP contribution in [-0.4, -0.2) is 32.4 Å². The van der Waals surface area contributed by atoms with Crippen molar-refractivity contribution < 1.29 is 4.79 Å². The zero-order chi connectivity index (χ0) is 17.1. The van der Waals surface area contributed by atoms with E-state index in [0.717, 1.165) is 47.2 Å². The molecule has 1 aliphatic carbocycles. The van der Waals surface area contributed by atoms with Crippen LogP contribution in [0.5, 0.6) is 0 Å². The van der Waals surface area contributed by atoms with Gasteiger partial charge in [0.25, 0.3) is 5.91 Å². The summed E-state index contributed by atoms with van der Waals surface area (Å²) in [4.78, 5) is 20.1. The van der Waals surface area contributed by atoms with Crippen molar-refractivity contribution in [3.63, 3.8) is 0 Å². The van der Waals surface area contributed by atoms with E-state index in [-0.39, 0.29) is 11.9 Å². The van der Waals surface area contributed by atoms with Gasteiger partial charge in [0.05, 0.1) is 11.0 Å². The van der Waals surface area contributed by atoms with E-state index in [2.05, 4.69) is 27.4 Å². The minimum absolute atomic E-state index is 0.129. The van der Waals surface area contributed by atoms with E-state index in [0.29, 0.717) is 11.1 Å². The third kappa shape index (κ3) is 2.20. The fourth-order valence-corrected chi connectivity index (χ4v) is 4.16. The first-order chi connectivity index (χ1) is 12.1. The summed E-state index contributed by atoms with van der Waals surface area (Å²) < 4.78 is 2.15. The van der Waals surface area contributed by atoms with Gasteiger partial charge in [-0.15, -0.1) is 0 Å². The minimum Gasteiger partial charge on any atom is -0.333 e. The number of fused-ring (bicyclic) bond motifs is 3. The van der Waals surface area contributed by atoms with Gasteiger partial charge < -0.3 is 9.47 Å². The Balaban J connectivity index is 1.80. The van der Waals surface area contributed by atoms with Crippen LogP contribution < -0.4 is 0 Å². The van der Waals surface area contributed by atoms with E-state index in [9.17, 15) is 4.79 Å². The smallest absolute Gasteiger partial charge is 0.271 e. The molecule has 3 aromatic rings. The summed E-state index contributed by atoms with van der Waals surface area (Å²) in [5.41, 5.74) is 4.59. The van der Waals surface area contributed by atoms with Gasteiger partial charge in [0, 0.05) is 35.4 Å². The standard InChI is InChI=1S/C20H18ClN3O/c1-12-11-23-16-3-2-10-22-18(16)17(13-4-6-14(21)7-5-13)19(23)20(25)24(12)15-8-9-15/h2-7,10,12,15H,8-9,11H2,1H3/t12-/m0/s1. The number of halogens is 1. The van der Waals surface area contributed by atoms with Gasteiger partial charge in [-0.1, -0.05) is 23.7 Å². The maximum absolute atomic E-state index is 13.4. The maximum atomic E-state index is 13.4. The number of pyridine rings is 1. The second-order valence-electron chi connectivity index (χ2n) is 7.00. The molecule has 0 bridgehead atoms. The first kappa shape index (κ1) is 15.0. The fraction of sp³-hybridized carbons (Fsp3) is 0.300. The van der Waals surface area contributed by atoms with Gasteiger partial charge >= 0.3 is 0 Å². The molecule has 25 heavy (non-hydrogen) atoms. The summed E-state index contributed by atoms with van der Waals surface area (Å²) in [6.07, 6.45) is 4.02. The maximum Gasteiger partial charge on any atom is 0.271 e. The zero-order valence-electron chi connectivity index (χ0n) is 13.9. The van der Waals surface area contributed by atoms with Crippen LogP contribution in [0, 0.1) is 0 Å². The molecule has 0 unspecified atom stereocenters. The van der Waals surface area contributed by atoms with Crippen molar-refractivity contribution in [1.29, 1.82) is 0 Å². The van der Waals surface area contributed by atoms with E-state index >= 15 is 0 Å². The van der Waals surface area contributed by atoms with Crippen LogP contribution in [0.25, 0.3) is 22.2 Å². The van der Waals surface area contributed by atoms with Crippen LogP contribution in [0.1, 0.15) is 30.3 Å². The Bertz CT molecular complexity index is 988. The lowest BCUT2D eigenvalue weighted by Gasteiger charge is -2.35. The molecule has 1 saturated carbocycles. The Kier molecular flexibility index (Phi) is 3.19. The fourth-order valence-electron chi connectivity index (χ4n) is 4.03. The molecule has 1 atom stereocenters. The molecule has 0 spiro atoms. The van der Waals surface area contributed by atoms with Crippen molar-refractivity contribution in [2.45, 2.75) is 38.4 Å². The monoisotopic (exact) mass is 351 g/mol. The summed E-state index contributed by atoms with van der Waals surface area (Å²) in [7, 11) is 0. The van der Waals surface area contributed by atoms with Crippen molar-refractivity contribution in [3.8, 4) is 11.1 Å². The van der Waals surface area contributed by atoms with Crippen LogP contribution >= 0.6 is 11.6 Å². The molecule has 1 amide bonds. The van der Waals surface area contributed by atoms with E-state index in [1.165, 1.54) is 0 Å². The quantitative estimate of drug-likeness (QED) is 0.687. The molecule has 5 rings (SSSR count). The van der Waals surface area contributed by atoms with E-state index in [4.69, 9.17) is 11.6 Å². The van der Waals surface area contributed by atoms with Gasteiger partial charge in [-0.2, -0.15) is 0 Å². The Hall–Kier alpha value is -2.33. The van der Waals surface area contributed by atoms with Crippen LogP contribution in [-0.2, 0) is 6.54 Å². The highest BCUT2D eigenvalue weighted by Crippen LogP contribution is 2.40. The highest BCUT2D eigenvalue weighted by molar-refractivity contribution is 6.30. The molecule has 126 valence electrons. The molecule has 0 saturated heterocycles. The normalized spacial score (nSPS) is 20.2. The van der Waals surface area contributed by atoms with Crippen molar-refractivity contribution in [2.24, 2.45) is 0 Å². The highest BCUT2D eigenvalue weighted by Gasteiger charge is 2.42. The van der Waals surface area contributed by atoms with Crippen LogP contribution in [0.2, 0.25) is 5.02 Å². The Morgan fingerprint density at radius 3 is 2.64 bits per heavy atom. The Labute approximate surface area is 151 Å². The molecule has 0 radical (unpaired) electrons. The summed E-state index contributed by atoms with van der Waals surface area (Å²) in [6.45, 7) is 2.96. The van der Waals surface area contributed by atoms with Crippen molar-refractivity contribution in [1.82, 2.24) is 14.5 Å². The number of amides is 1. The molecule has 1 aliphatic heterocycles. The number of carbonyl (C=O) groups is 1. The molecule has 5 heteroatoms. The summed E-state index contributed by atoms with van der Waals surface area (Å²) in [5, 5.41) is 0.689. The molecule has 3 heterocycles. The Morgan fingerprint density at radius 2 is 1.92 bits per heavy atom. The number of hydrogen-bond acceptors (Lipinski definition) is 2. The second kappa shape index (κ2) is 5.33.